The van der Waals surface area contributed by atoms with E-state index >= 15 is 0 Å². The van der Waals surface area contributed by atoms with E-state index in [9.17, 15) is 4.79 Å². The van der Waals surface area contributed by atoms with Gasteiger partial charge in [0.1, 0.15) is 5.52 Å². The predicted molar refractivity (Wildman–Crippen MR) is 121 cm³/mol. The Morgan fingerprint density at radius 2 is 1.80 bits per heavy atom. The number of hydrogen-bond donors (Lipinski definition) is 2. The molecule has 1 aromatic heterocycles. The second kappa shape index (κ2) is 8.38. The van der Waals surface area contributed by atoms with E-state index < -0.39 is 0 Å². The summed E-state index contributed by atoms with van der Waals surface area (Å²) in [7, 11) is 0. The molecule has 0 radical (unpaired) electrons. The van der Waals surface area contributed by atoms with Gasteiger partial charge < -0.3 is 20.0 Å². The van der Waals surface area contributed by atoms with Gasteiger partial charge in [0.05, 0.1) is 0 Å². The smallest absolute Gasteiger partial charge is 0.319 e. The number of carbonyl (C=O) groups is 1. The molecule has 158 valence electrons. The monoisotopic (exact) mass is 406 g/mol. The molecule has 2 aromatic carbocycles. The maximum absolute atomic E-state index is 12.3. The van der Waals surface area contributed by atoms with Crippen molar-refractivity contribution in [2.24, 2.45) is 5.92 Å². The van der Waals surface area contributed by atoms with E-state index in [0.29, 0.717) is 18.5 Å². The minimum Gasteiger partial charge on any atom is -0.423 e. The number of fused-ring (bicyclic) bond motifs is 1. The van der Waals surface area contributed by atoms with Gasteiger partial charge in [-0.25, -0.2) is 4.79 Å². The van der Waals surface area contributed by atoms with Crippen LogP contribution in [-0.2, 0) is 5.41 Å². The molecule has 30 heavy (non-hydrogen) atoms. The summed E-state index contributed by atoms with van der Waals surface area (Å²) in [5.41, 5.74) is 3.88. The molecule has 1 saturated heterocycles. The maximum Gasteiger partial charge on any atom is 0.319 e. The molecule has 0 aliphatic carbocycles. The first-order valence-corrected chi connectivity index (χ1v) is 10.6. The molecule has 0 atom stereocenters. The Labute approximate surface area is 177 Å². The SMILES string of the molecule is CC(C)(C)c1ccc(NC(=O)NCC2CCN(c3nc4ccccc4o3)CC2)cc1. The first-order valence-electron chi connectivity index (χ1n) is 10.6. The van der Waals surface area contributed by atoms with Gasteiger partial charge in [-0.15, -0.1) is 0 Å². The van der Waals surface area contributed by atoms with Gasteiger partial charge in [0.25, 0.3) is 6.01 Å². The van der Waals surface area contributed by atoms with Crippen LogP contribution in [-0.4, -0.2) is 30.6 Å². The van der Waals surface area contributed by atoms with Gasteiger partial charge in [0, 0.05) is 25.3 Å². The first kappa shape index (κ1) is 20.3. The number of anilines is 2. The van der Waals surface area contributed by atoms with Gasteiger partial charge in [0.2, 0.25) is 0 Å². The molecule has 6 heteroatoms. The lowest BCUT2D eigenvalue weighted by Gasteiger charge is -2.30. The Morgan fingerprint density at radius 1 is 1.10 bits per heavy atom. The summed E-state index contributed by atoms with van der Waals surface area (Å²) in [6.45, 7) is 8.98. The number of oxazole rings is 1. The molecule has 1 fully saturated rings. The minimum absolute atomic E-state index is 0.105. The van der Waals surface area contributed by atoms with Crippen LogP contribution in [0.15, 0.2) is 52.9 Å². The lowest BCUT2D eigenvalue weighted by atomic mass is 9.87. The normalized spacial score (nSPS) is 15.4. The van der Waals surface area contributed by atoms with E-state index in [0.717, 1.165) is 42.7 Å². The fourth-order valence-electron chi connectivity index (χ4n) is 3.79. The Balaban J connectivity index is 1.23. The van der Waals surface area contributed by atoms with Crippen LogP contribution in [0.25, 0.3) is 11.1 Å². The quantitative estimate of drug-likeness (QED) is 0.628. The third kappa shape index (κ3) is 4.75. The zero-order chi connectivity index (χ0) is 21.1. The van der Waals surface area contributed by atoms with Crippen molar-refractivity contribution in [1.82, 2.24) is 10.3 Å². The van der Waals surface area contributed by atoms with Crippen molar-refractivity contribution in [3.8, 4) is 0 Å². The maximum atomic E-state index is 12.3. The molecule has 1 aliphatic heterocycles. The van der Waals surface area contributed by atoms with Gasteiger partial charge >= 0.3 is 6.03 Å². The number of piperidine rings is 1. The number of nitrogens with zero attached hydrogens (tertiary/aromatic N) is 2. The Hall–Kier alpha value is -3.02. The van der Waals surface area contributed by atoms with Crippen molar-refractivity contribution >= 4 is 28.8 Å². The van der Waals surface area contributed by atoms with E-state index in [1.807, 2.05) is 36.4 Å². The second-order valence-corrected chi connectivity index (χ2v) is 9.06. The zero-order valence-corrected chi connectivity index (χ0v) is 17.9. The Kier molecular flexibility index (Phi) is 5.66. The van der Waals surface area contributed by atoms with Crippen molar-refractivity contribution < 1.29 is 9.21 Å². The number of hydrogen-bond acceptors (Lipinski definition) is 4. The highest BCUT2D eigenvalue weighted by Gasteiger charge is 2.23. The van der Waals surface area contributed by atoms with Crippen molar-refractivity contribution in [2.75, 3.05) is 29.9 Å². The van der Waals surface area contributed by atoms with Gasteiger partial charge in [-0.05, 0) is 54.0 Å². The molecule has 0 bridgehead atoms. The molecule has 6 nitrogen and oxygen atoms in total. The lowest BCUT2D eigenvalue weighted by molar-refractivity contribution is 0.248. The fourth-order valence-corrected chi connectivity index (χ4v) is 3.79. The summed E-state index contributed by atoms with van der Waals surface area (Å²) in [5.74, 6) is 0.458. The molecule has 2 heterocycles. The van der Waals surface area contributed by atoms with Gasteiger partial charge in [0.15, 0.2) is 5.58 Å². The van der Waals surface area contributed by atoms with Crippen molar-refractivity contribution in [2.45, 2.75) is 39.0 Å². The molecule has 2 N–H and O–H groups in total. The van der Waals surface area contributed by atoms with Crippen LogP contribution in [0.3, 0.4) is 0 Å². The van der Waals surface area contributed by atoms with Crippen LogP contribution in [0, 0.1) is 5.92 Å². The molecule has 4 rings (SSSR count). The minimum atomic E-state index is -0.153. The molecular formula is C24H30N4O2. The summed E-state index contributed by atoms with van der Waals surface area (Å²) in [6, 6.07) is 16.4. The summed E-state index contributed by atoms with van der Waals surface area (Å²) in [4.78, 5) is 19.0. The largest absolute Gasteiger partial charge is 0.423 e. The summed E-state index contributed by atoms with van der Waals surface area (Å²) >= 11 is 0. The van der Waals surface area contributed by atoms with E-state index in [1.54, 1.807) is 0 Å². The molecular weight excluding hydrogens is 376 g/mol. The average Bonchev–Trinajstić information content (AvgIpc) is 3.17. The second-order valence-electron chi connectivity index (χ2n) is 9.06. The van der Waals surface area contributed by atoms with Crippen LogP contribution in [0.2, 0.25) is 0 Å². The molecule has 0 unspecified atom stereocenters. The van der Waals surface area contributed by atoms with Crippen molar-refractivity contribution in [3.05, 3.63) is 54.1 Å². The number of para-hydroxylation sites is 2. The number of nitrogens with one attached hydrogen (secondary N) is 2. The first-order chi connectivity index (χ1) is 14.4. The highest BCUT2D eigenvalue weighted by atomic mass is 16.4. The third-order valence-corrected chi connectivity index (χ3v) is 5.73. The number of aromatic nitrogens is 1. The summed E-state index contributed by atoms with van der Waals surface area (Å²) in [5, 5.41) is 5.94. The Morgan fingerprint density at radius 3 is 2.47 bits per heavy atom. The highest BCUT2D eigenvalue weighted by molar-refractivity contribution is 5.89. The van der Waals surface area contributed by atoms with Crippen LogP contribution < -0.4 is 15.5 Å². The van der Waals surface area contributed by atoms with E-state index in [4.69, 9.17) is 4.42 Å². The average molecular weight is 407 g/mol. The third-order valence-electron chi connectivity index (χ3n) is 5.73. The number of urea groups is 1. The van der Waals surface area contributed by atoms with E-state index in [-0.39, 0.29) is 11.4 Å². The highest BCUT2D eigenvalue weighted by Crippen LogP contribution is 2.26. The topological polar surface area (TPSA) is 70.4 Å². The van der Waals surface area contributed by atoms with Crippen LogP contribution in [0.4, 0.5) is 16.5 Å². The standard InChI is InChI=1S/C24H30N4O2/c1-24(2,3)18-8-10-19(11-9-18)26-22(29)25-16-17-12-14-28(15-13-17)23-27-20-6-4-5-7-21(20)30-23/h4-11,17H,12-16H2,1-3H3,(H2,25,26,29). The Bertz CT molecular complexity index is 963. The van der Waals surface area contributed by atoms with Gasteiger partial charge in [-0.2, -0.15) is 4.98 Å². The molecule has 0 saturated carbocycles. The molecule has 3 aromatic rings. The van der Waals surface area contributed by atoms with Gasteiger partial charge in [-0.1, -0.05) is 45.0 Å². The molecule has 0 spiro atoms. The number of amides is 2. The summed E-state index contributed by atoms with van der Waals surface area (Å²) < 4.78 is 5.87. The lowest BCUT2D eigenvalue weighted by Crippen LogP contribution is -2.40. The van der Waals surface area contributed by atoms with Crippen molar-refractivity contribution in [3.63, 3.8) is 0 Å². The van der Waals surface area contributed by atoms with E-state index in [1.165, 1.54) is 5.56 Å². The zero-order valence-electron chi connectivity index (χ0n) is 17.9. The number of rotatable bonds is 4. The molecule has 1 aliphatic rings. The summed E-state index contributed by atoms with van der Waals surface area (Å²) in [6.07, 6.45) is 2.00. The van der Waals surface area contributed by atoms with E-state index in [2.05, 4.69) is 53.4 Å². The van der Waals surface area contributed by atoms with Crippen molar-refractivity contribution in [1.29, 1.82) is 0 Å². The van der Waals surface area contributed by atoms with Crippen LogP contribution in [0.1, 0.15) is 39.2 Å². The molecule has 2 amide bonds. The number of carbonyl (C=O) groups excluding carboxylic acids is 1. The fraction of sp³-hybridized carbons (Fsp3) is 0.417. The number of benzene rings is 2. The van der Waals surface area contributed by atoms with Gasteiger partial charge in [-0.3, -0.25) is 0 Å². The van der Waals surface area contributed by atoms with Crippen LogP contribution >= 0.6 is 0 Å². The predicted octanol–water partition coefficient (Wildman–Crippen LogP) is 5.16. The van der Waals surface area contributed by atoms with Crippen LogP contribution in [0.5, 0.6) is 0 Å².